The number of amides is 1. The molecule has 0 saturated heterocycles. The number of benzene rings is 1. The predicted molar refractivity (Wildman–Crippen MR) is 59.5 cm³/mol. The van der Waals surface area contributed by atoms with Crippen molar-refractivity contribution >= 4 is 18.3 Å². The summed E-state index contributed by atoms with van der Waals surface area (Å²) < 4.78 is 26.3. The Hall–Kier alpha value is -2.04. The number of carbonyl (C=O) groups is 2. The van der Waals surface area contributed by atoms with Gasteiger partial charge in [-0.15, -0.1) is 0 Å². The van der Waals surface area contributed by atoms with E-state index in [0.717, 1.165) is 12.1 Å². The molecule has 3 nitrogen and oxygen atoms in total. The third-order valence-electron chi connectivity index (χ3n) is 2.00. The van der Waals surface area contributed by atoms with Gasteiger partial charge < -0.3 is 5.32 Å². The molecule has 0 aliphatic heterocycles. The van der Waals surface area contributed by atoms with Crippen molar-refractivity contribution in [1.29, 1.82) is 0 Å². The lowest BCUT2D eigenvalue weighted by Gasteiger charge is -2.00. The summed E-state index contributed by atoms with van der Waals surface area (Å²) in [6, 6.07) is 2.11. The van der Waals surface area contributed by atoms with Crippen molar-refractivity contribution in [2.24, 2.45) is 0 Å². The highest BCUT2D eigenvalue weighted by Gasteiger charge is 2.08. The number of hydrogen-bond acceptors (Lipinski definition) is 2. The molecular weight excluding hydrogens is 228 g/mol. The highest BCUT2D eigenvalue weighted by molar-refractivity contribution is 5.76. The van der Waals surface area contributed by atoms with Crippen molar-refractivity contribution < 1.29 is 18.4 Å². The van der Waals surface area contributed by atoms with Crippen molar-refractivity contribution in [3.8, 4) is 0 Å². The lowest BCUT2D eigenvalue weighted by molar-refractivity contribution is -0.118. The van der Waals surface area contributed by atoms with E-state index in [-0.39, 0.29) is 24.3 Å². The molecule has 0 spiro atoms. The monoisotopic (exact) mass is 239 g/mol. The van der Waals surface area contributed by atoms with Crippen LogP contribution in [0.3, 0.4) is 0 Å². The molecule has 17 heavy (non-hydrogen) atoms. The lowest BCUT2D eigenvalue weighted by atomic mass is 10.1. The van der Waals surface area contributed by atoms with Crippen LogP contribution in [0.15, 0.2) is 18.2 Å². The van der Waals surface area contributed by atoms with Crippen LogP contribution in [0, 0.1) is 11.6 Å². The van der Waals surface area contributed by atoms with Gasteiger partial charge in [0.15, 0.2) is 6.29 Å². The number of aldehydes is 1. The van der Waals surface area contributed by atoms with Crippen LogP contribution in [-0.2, 0) is 4.79 Å². The molecule has 0 unspecified atom stereocenters. The lowest BCUT2D eigenvalue weighted by Crippen LogP contribution is -2.19. The Balaban J connectivity index is 2.79. The van der Waals surface area contributed by atoms with E-state index < -0.39 is 17.2 Å². The molecule has 0 fully saturated rings. The van der Waals surface area contributed by atoms with Crippen molar-refractivity contribution in [2.45, 2.75) is 6.92 Å². The van der Waals surface area contributed by atoms with Gasteiger partial charge in [-0.2, -0.15) is 0 Å². The Morgan fingerprint density at radius 3 is 2.41 bits per heavy atom. The van der Waals surface area contributed by atoms with E-state index in [1.165, 1.54) is 13.0 Å². The third kappa shape index (κ3) is 3.79. The zero-order valence-electron chi connectivity index (χ0n) is 9.17. The fourth-order valence-electron chi connectivity index (χ4n) is 1.21. The van der Waals surface area contributed by atoms with Gasteiger partial charge in [0.05, 0.1) is 5.56 Å². The van der Waals surface area contributed by atoms with Crippen LogP contribution < -0.4 is 5.32 Å². The summed E-state index contributed by atoms with van der Waals surface area (Å²) in [7, 11) is 0. The highest BCUT2D eigenvalue weighted by atomic mass is 19.1. The standard InChI is InChI=1S/C12H11F2NO2/c1-8(17)15-4-2-3-9-5-11(13)10(7-16)12(14)6-9/h2-3,5-7H,4H2,1H3,(H,15,17). The van der Waals surface area contributed by atoms with Gasteiger partial charge in [0.2, 0.25) is 5.91 Å². The van der Waals surface area contributed by atoms with Crippen molar-refractivity contribution in [3.63, 3.8) is 0 Å². The minimum absolute atomic E-state index is 0.134. The molecule has 1 N–H and O–H groups in total. The van der Waals surface area contributed by atoms with Crippen molar-refractivity contribution in [1.82, 2.24) is 5.32 Å². The van der Waals surface area contributed by atoms with Crippen LogP contribution in [0.2, 0.25) is 0 Å². The molecule has 0 atom stereocenters. The molecule has 0 aliphatic rings. The van der Waals surface area contributed by atoms with Gasteiger partial charge in [0.1, 0.15) is 11.6 Å². The molecule has 0 radical (unpaired) electrons. The van der Waals surface area contributed by atoms with E-state index in [1.54, 1.807) is 6.08 Å². The van der Waals surface area contributed by atoms with Gasteiger partial charge >= 0.3 is 0 Å². The molecule has 1 amide bonds. The van der Waals surface area contributed by atoms with Crippen molar-refractivity contribution in [3.05, 3.63) is 41.0 Å². The maximum Gasteiger partial charge on any atom is 0.217 e. The van der Waals surface area contributed by atoms with Crippen LogP contribution in [0.1, 0.15) is 22.8 Å². The van der Waals surface area contributed by atoms with E-state index in [9.17, 15) is 18.4 Å². The molecule has 1 aromatic carbocycles. The maximum absolute atomic E-state index is 13.2. The molecule has 1 aromatic rings. The number of rotatable bonds is 4. The molecule has 0 saturated carbocycles. The fraction of sp³-hybridized carbons (Fsp3) is 0.167. The van der Waals surface area contributed by atoms with Gasteiger partial charge in [-0.3, -0.25) is 9.59 Å². The minimum atomic E-state index is -0.904. The third-order valence-corrected chi connectivity index (χ3v) is 2.00. The van der Waals surface area contributed by atoms with Gasteiger partial charge in [0.25, 0.3) is 0 Å². The first-order valence-electron chi connectivity index (χ1n) is 4.89. The number of nitrogens with one attached hydrogen (secondary N) is 1. The SMILES string of the molecule is CC(=O)NCC=Cc1cc(F)c(C=O)c(F)c1. The summed E-state index contributed by atoms with van der Waals surface area (Å²) in [5.41, 5.74) is -0.292. The normalized spacial score (nSPS) is 10.5. The van der Waals surface area contributed by atoms with E-state index in [1.807, 2.05) is 0 Å². The summed E-state index contributed by atoms with van der Waals surface area (Å²) >= 11 is 0. The number of halogens is 2. The molecular formula is C12H11F2NO2. The van der Waals surface area contributed by atoms with Crippen LogP contribution in [0.4, 0.5) is 8.78 Å². The zero-order chi connectivity index (χ0) is 12.8. The summed E-state index contributed by atoms with van der Waals surface area (Å²) in [6.45, 7) is 1.64. The molecule has 0 aliphatic carbocycles. The summed E-state index contributed by atoms with van der Waals surface area (Å²) in [5, 5.41) is 2.50. The second kappa shape index (κ2) is 5.89. The quantitative estimate of drug-likeness (QED) is 0.816. The molecule has 5 heteroatoms. The van der Waals surface area contributed by atoms with Crippen LogP contribution >= 0.6 is 0 Å². The average Bonchev–Trinajstić information content (AvgIpc) is 2.24. The Bertz CT molecular complexity index is 447. The van der Waals surface area contributed by atoms with Crippen LogP contribution in [0.5, 0.6) is 0 Å². The van der Waals surface area contributed by atoms with Gasteiger partial charge in [-0.05, 0) is 17.7 Å². The summed E-state index contributed by atoms with van der Waals surface area (Å²) in [6.07, 6.45) is 3.14. The number of carbonyl (C=O) groups excluding carboxylic acids is 2. The van der Waals surface area contributed by atoms with Gasteiger partial charge in [-0.25, -0.2) is 8.78 Å². The Morgan fingerprint density at radius 2 is 1.94 bits per heavy atom. The molecule has 1 rings (SSSR count). The maximum atomic E-state index is 13.2. The smallest absolute Gasteiger partial charge is 0.217 e. The van der Waals surface area contributed by atoms with E-state index in [0.29, 0.717) is 0 Å². The first kappa shape index (κ1) is 13.0. The first-order chi connectivity index (χ1) is 8.04. The molecule has 0 aromatic heterocycles. The first-order valence-corrected chi connectivity index (χ1v) is 4.89. The summed E-state index contributed by atoms with van der Waals surface area (Å²) in [5.74, 6) is -2.00. The second-order valence-corrected chi connectivity index (χ2v) is 3.36. The van der Waals surface area contributed by atoms with Crippen molar-refractivity contribution in [2.75, 3.05) is 6.54 Å². The Labute approximate surface area is 97.1 Å². The Kier molecular flexibility index (Phi) is 4.51. The summed E-state index contributed by atoms with van der Waals surface area (Å²) in [4.78, 5) is 20.9. The fourth-order valence-corrected chi connectivity index (χ4v) is 1.21. The largest absolute Gasteiger partial charge is 0.353 e. The predicted octanol–water partition coefficient (Wildman–Crippen LogP) is 1.93. The second-order valence-electron chi connectivity index (χ2n) is 3.36. The molecule has 0 heterocycles. The van der Waals surface area contributed by atoms with Gasteiger partial charge in [-0.1, -0.05) is 12.2 Å². The van der Waals surface area contributed by atoms with E-state index in [4.69, 9.17) is 0 Å². The average molecular weight is 239 g/mol. The van der Waals surface area contributed by atoms with E-state index in [2.05, 4.69) is 5.32 Å². The zero-order valence-corrected chi connectivity index (χ0v) is 9.17. The van der Waals surface area contributed by atoms with Gasteiger partial charge in [0, 0.05) is 13.5 Å². The minimum Gasteiger partial charge on any atom is -0.353 e. The van der Waals surface area contributed by atoms with E-state index >= 15 is 0 Å². The van der Waals surface area contributed by atoms with Crippen LogP contribution in [-0.4, -0.2) is 18.7 Å². The Morgan fingerprint density at radius 1 is 1.35 bits per heavy atom. The highest BCUT2D eigenvalue weighted by Crippen LogP contribution is 2.14. The molecule has 0 bridgehead atoms. The molecule has 90 valence electrons. The number of hydrogen-bond donors (Lipinski definition) is 1. The van der Waals surface area contributed by atoms with Crippen LogP contribution in [0.25, 0.3) is 6.08 Å². The topological polar surface area (TPSA) is 46.2 Å².